The molecule has 0 radical (unpaired) electrons. The molecule has 0 aromatic heterocycles. The van der Waals surface area contributed by atoms with Crippen LogP contribution in [0.1, 0.15) is 6.92 Å². The second-order valence-electron chi connectivity index (χ2n) is 2.62. The van der Waals surface area contributed by atoms with Gasteiger partial charge < -0.3 is 10.5 Å². The van der Waals surface area contributed by atoms with Crippen LogP contribution in [0.25, 0.3) is 0 Å². The topological polar surface area (TPSA) is 35.2 Å². The molecule has 1 aromatic carbocycles. The van der Waals surface area contributed by atoms with Crippen LogP contribution in [0.2, 0.25) is 0 Å². The molecule has 66 valence electrons. The molecule has 0 saturated heterocycles. The molecule has 1 unspecified atom stereocenters. The monoisotopic (exact) mass is 277 g/mol. The number of halogens is 1. The second kappa shape index (κ2) is 4.67. The van der Waals surface area contributed by atoms with Crippen LogP contribution in [0.3, 0.4) is 0 Å². The minimum atomic E-state index is 0.0880. The maximum atomic E-state index is 5.49. The minimum absolute atomic E-state index is 0.0880. The molecule has 2 N–H and O–H groups in total. The van der Waals surface area contributed by atoms with Crippen molar-refractivity contribution in [1.82, 2.24) is 0 Å². The summed E-state index contributed by atoms with van der Waals surface area (Å²) in [5.41, 5.74) is 5.42. The lowest BCUT2D eigenvalue weighted by Crippen LogP contribution is -2.22. The van der Waals surface area contributed by atoms with Crippen molar-refractivity contribution in [2.45, 2.75) is 13.0 Å². The van der Waals surface area contributed by atoms with Crippen molar-refractivity contribution in [2.75, 3.05) is 6.54 Å². The van der Waals surface area contributed by atoms with Crippen molar-refractivity contribution >= 4 is 22.6 Å². The number of nitrogens with two attached hydrogens (primary N) is 1. The highest BCUT2D eigenvalue weighted by Gasteiger charge is 1.99. The predicted octanol–water partition coefficient (Wildman–Crippen LogP) is 2.02. The van der Waals surface area contributed by atoms with Gasteiger partial charge in [0, 0.05) is 10.1 Å². The molecule has 0 aliphatic heterocycles. The summed E-state index contributed by atoms with van der Waals surface area (Å²) >= 11 is 2.26. The highest BCUT2D eigenvalue weighted by Crippen LogP contribution is 2.14. The zero-order valence-corrected chi connectivity index (χ0v) is 9.11. The first-order chi connectivity index (χ1) is 5.72. The molecule has 0 saturated carbocycles. The first-order valence-corrected chi connectivity index (χ1v) is 4.92. The van der Waals surface area contributed by atoms with Gasteiger partial charge in [-0.2, -0.15) is 0 Å². The molecule has 0 heterocycles. The average molecular weight is 277 g/mol. The van der Waals surface area contributed by atoms with E-state index in [0.717, 1.165) is 5.75 Å². The number of ether oxygens (including phenoxy) is 1. The smallest absolute Gasteiger partial charge is 0.119 e. The lowest BCUT2D eigenvalue weighted by molar-refractivity contribution is 0.230. The van der Waals surface area contributed by atoms with Crippen molar-refractivity contribution in [3.05, 3.63) is 27.8 Å². The van der Waals surface area contributed by atoms with Gasteiger partial charge >= 0.3 is 0 Å². The number of hydrogen-bond acceptors (Lipinski definition) is 2. The van der Waals surface area contributed by atoms with E-state index in [0.29, 0.717) is 6.54 Å². The Bertz CT molecular complexity index is 235. The molecule has 2 nitrogen and oxygen atoms in total. The molecule has 1 aromatic rings. The lowest BCUT2D eigenvalue weighted by atomic mass is 10.3. The Morgan fingerprint density at radius 1 is 1.42 bits per heavy atom. The molecule has 0 fully saturated rings. The first kappa shape index (κ1) is 9.80. The zero-order valence-electron chi connectivity index (χ0n) is 6.96. The summed E-state index contributed by atoms with van der Waals surface area (Å²) in [4.78, 5) is 0. The largest absolute Gasteiger partial charge is 0.489 e. The molecule has 0 spiro atoms. The van der Waals surface area contributed by atoms with Crippen molar-refractivity contribution in [1.29, 1.82) is 0 Å². The highest BCUT2D eigenvalue weighted by atomic mass is 127. The molecule has 1 rings (SSSR count). The van der Waals surface area contributed by atoms with Crippen LogP contribution >= 0.6 is 22.6 Å². The van der Waals surface area contributed by atoms with Gasteiger partial charge in [-0.05, 0) is 53.8 Å². The van der Waals surface area contributed by atoms with Gasteiger partial charge in [0.15, 0.2) is 0 Å². The summed E-state index contributed by atoms with van der Waals surface area (Å²) in [6.07, 6.45) is 0.0880. The Labute approximate surface area is 86.2 Å². The Balaban J connectivity index is 2.58. The van der Waals surface area contributed by atoms with Gasteiger partial charge in [0.1, 0.15) is 11.9 Å². The van der Waals surface area contributed by atoms with E-state index in [2.05, 4.69) is 22.6 Å². The van der Waals surface area contributed by atoms with Crippen molar-refractivity contribution in [3.63, 3.8) is 0 Å². The van der Waals surface area contributed by atoms with E-state index in [9.17, 15) is 0 Å². The van der Waals surface area contributed by atoms with Crippen LogP contribution < -0.4 is 10.5 Å². The maximum absolute atomic E-state index is 5.49. The quantitative estimate of drug-likeness (QED) is 0.858. The Kier molecular flexibility index (Phi) is 3.81. The van der Waals surface area contributed by atoms with Gasteiger partial charge in [-0.15, -0.1) is 0 Å². The van der Waals surface area contributed by atoms with Gasteiger partial charge in [0.25, 0.3) is 0 Å². The van der Waals surface area contributed by atoms with E-state index in [1.807, 2.05) is 31.2 Å². The highest BCUT2D eigenvalue weighted by molar-refractivity contribution is 14.1. The lowest BCUT2D eigenvalue weighted by Gasteiger charge is -2.11. The molecule has 0 bridgehead atoms. The van der Waals surface area contributed by atoms with Crippen molar-refractivity contribution < 1.29 is 4.74 Å². The van der Waals surface area contributed by atoms with Crippen LogP contribution in [0, 0.1) is 3.57 Å². The fraction of sp³-hybridized carbons (Fsp3) is 0.333. The van der Waals surface area contributed by atoms with Gasteiger partial charge in [-0.3, -0.25) is 0 Å². The summed E-state index contributed by atoms with van der Waals surface area (Å²) in [6.45, 7) is 2.50. The summed E-state index contributed by atoms with van der Waals surface area (Å²) in [7, 11) is 0. The molecular weight excluding hydrogens is 265 g/mol. The van der Waals surface area contributed by atoms with E-state index in [1.54, 1.807) is 0 Å². The van der Waals surface area contributed by atoms with E-state index in [-0.39, 0.29) is 6.10 Å². The number of hydrogen-bond donors (Lipinski definition) is 1. The Hall–Kier alpha value is -0.290. The van der Waals surface area contributed by atoms with Crippen LogP contribution in [0.15, 0.2) is 24.3 Å². The van der Waals surface area contributed by atoms with Crippen molar-refractivity contribution in [2.24, 2.45) is 5.73 Å². The Morgan fingerprint density at radius 2 is 2.00 bits per heavy atom. The average Bonchev–Trinajstić information content (AvgIpc) is 2.09. The molecule has 3 heteroatoms. The van der Waals surface area contributed by atoms with Crippen molar-refractivity contribution in [3.8, 4) is 5.75 Å². The predicted molar refractivity (Wildman–Crippen MR) is 58.3 cm³/mol. The van der Waals surface area contributed by atoms with Gasteiger partial charge in [0.05, 0.1) is 0 Å². The molecule has 12 heavy (non-hydrogen) atoms. The molecule has 0 aliphatic carbocycles. The van der Waals surface area contributed by atoms with Gasteiger partial charge in [-0.25, -0.2) is 0 Å². The molecule has 0 amide bonds. The third-order valence-corrected chi connectivity index (χ3v) is 2.20. The van der Waals surface area contributed by atoms with Gasteiger partial charge in [-0.1, -0.05) is 0 Å². The molecule has 0 aliphatic rings. The van der Waals surface area contributed by atoms with E-state index >= 15 is 0 Å². The van der Waals surface area contributed by atoms with E-state index in [4.69, 9.17) is 10.5 Å². The van der Waals surface area contributed by atoms with Crippen LogP contribution in [-0.2, 0) is 0 Å². The molecular formula is C9H12INO. The minimum Gasteiger partial charge on any atom is -0.489 e. The fourth-order valence-corrected chi connectivity index (χ4v) is 1.15. The van der Waals surface area contributed by atoms with Crippen LogP contribution in [-0.4, -0.2) is 12.6 Å². The fourth-order valence-electron chi connectivity index (χ4n) is 0.794. The van der Waals surface area contributed by atoms with E-state index < -0.39 is 0 Å². The zero-order chi connectivity index (χ0) is 8.97. The Morgan fingerprint density at radius 3 is 2.50 bits per heavy atom. The van der Waals surface area contributed by atoms with Gasteiger partial charge in [0.2, 0.25) is 0 Å². The third kappa shape index (κ3) is 2.98. The maximum Gasteiger partial charge on any atom is 0.119 e. The second-order valence-corrected chi connectivity index (χ2v) is 3.86. The SMILES string of the molecule is CC(CN)Oc1ccc(I)cc1. The summed E-state index contributed by atoms with van der Waals surface area (Å²) in [5, 5.41) is 0. The number of benzene rings is 1. The molecule has 1 atom stereocenters. The third-order valence-electron chi connectivity index (χ3n) is 1.48. The summed E-state index contributed by atoms with van der Waals surface area (Å²) in [5.74, 6) is 0.883. The standard InChI is InChI=1S/C9H12INO/c1-7(6-11)12-9-4-2-8(10)3-5-9/h2-5,7H,6,11H2,1H3. The normalized spacial score (nSPS) is 12.6. The van der Waals surface area contributed by atoms with Crippen LogP contribution in [0.4, 0.5) is 0 Å². The number of rotatable bonds is 3. The van der Waals surface area contributed by atoms with Crippen LogP contribution in [0.5, 0.6) is 5.75 Å². The summed E-state index contributed by atoms with van der Waals surface area (Å²) in [6, 6.07) is 7.93. The first-order valence-electron chi connectivity index (χ1n) is 3.84. The summed E-state index contributed by atoms with van der Waals surface area (Å²) < 4.78 is 6.70. The van der Waals surface area contributed by atoms with E-state index in [1.165, 1.54) is 3.57 Å².